The topological polar surface area (TPSA) is 87.1 Å². The molecule has 1 aromatic rings. The first-order chi connectivity index (χ1) is 9.27. The molecular formula is C13H18N4O2. The van der Waals surface area contributed by atoms with Crippen molar-refractivity contribution in [3.05, 3.63) is 40.3 Å². The number of rotatable bonds is 8. The lowest BCUT2D eigenvalue weighted by atomic mass is 10.2. The number of benzene rings is 1. The molecule has 1 amide bonds. The third-order valence-electron chi connectivity index (χ3n) is 2.35. The third kappa shape index (κ3) is 5.79. The van der Waals surface area contributed by atoms with E-state index in [-0.39, 0.29) is 5.91 Å². The highest BCUT2D eigenvalue weighted by Gasteiger charge is 2.05. The van der Waals surface area contributed by atoms with Crippen LogP contribution < -0.4 is 10.1 Å². The van der Waals surface area contributed by atoms with Crippen LogP contribution in [0.15, 0.2) is 29.4 Å². The summed E-state index contributed by atoms with van der Waals surface area (Å²) >= 11 is 0. The Hall–Kier alpha value is -2.20. The average Bonchev–Trinajstić information content (AvgIpc) is 2.45. The van der Waals surface area contributed by atoms with Crippen molar-refractivity contribution >= 4 is 5.91 Å². The summed E-state index contributed by atoms with van der Waals surface area (Å²) in [5.41, 5.74) is 8.68. The van der Waals surface area contributed by atoms with E-state index in [0.717, 1.165) is 6.42 Å². The molecule has 0 radical (unpaired) electrons. The molecule has 0 aliphatic heterocycles. The van der Waals surface area contributed by atoms with E-state index < -0.39 is 0 Å². The Morgan fingerprint density at radius 3 is 3.11 bits per heavy atom. The van der Waals surface area contributed by atoms with Crippen molar-refractivity contribution < 1.29 is 9.53 Å². The maximum Gasteiger partial charge on any atom is 0.251 e. The number of hydrogen-bond donors (Lipinski definition) is 1. The molecule has 0 saturated heterocycles. The predicted octanol–water partition coefficient (Wildman–Crippen LogP) is 2.91. The molecule has 0 aliphatic carbocycles. The van der Waals surface area contributed by atoms with Gasteiger partial charge in [0.2, 0.25) is 0 Å². The third-order valence-corrected chi connectivity index (χ3v) is 2.35. The largest absolute Gasteiger partial charge is 0.494 e. The van der Waals surface area contributed by atoms with Gasteiger partial charge in [0, 0.05) is 23.6 Å². The lowest BCUT2D eigenvalue weighted by molar-refractivity contribution is 0.0953. The number of carbonyl (C=O) groups excluding carboxylic acids is 1. The van der Waals surface area contributed by atoms with Crippen LogP contribution in [0.3, 0.4) is 0 Å². The van der Waals surface area contributed by atoms with Crippen LogP contribution in [0.5, 0.6) is 5.75 Å². The van der Waals surface area contributed by atoms with E-state index in [1.807, 2.05) is 13.0 Å². The van der Waals surface area contributed by atoms with E-state index in [9.17, 15) is 4.79 Å². The summed E-state index contributed by atoms with van der Waals surface area (Å²) in [6.45, 7) is 3.53. The molecule has 0 fully saturated rings. The van der Waals surface area contributed by atoms with E-state index in [4.69, 9.17) is 10.3 Å². The number of amides is 1. The number of ether oxygens (including phenoxy) is 1. The second-order valence-corrected chi connectivity index (χ2v) is 3.94. The summed E-state index contributed by atoms with van der Waals surface area (Å²) in [5, 5.41) is 6.16. The van der Waals surface area contributed by atoms with Gasteiger partial charge in [-0.05, 0) is 36.6 Å². The number of nitrogens with zero attached hydrogens (tertiary/aromatic N) is 3. The minimum absolute atomic E-state index is 0.150. The van der Waals surface area contributed by atoms with E-state index in [2.05, 4.69) is 15.3 Å². The molecule has 0 saturated carbocycles. The Balaban J connectivity index is 2.45. The standard InChI is InChI=1S/C13H18N4O2/c1-2-9-19-12-6-3-5-11(10-12)13(18)15-7-4-8-16-17-14/h3,5-6,10H,2,4,7-9H2,1H3,(H,15,18). The molecule has 0 bridgehead atoms. The fraction of sp³-hybridized carbons (Fsp3) is 0.462. The SMILES string of the molecule is CCCOc1cccc(C(=O)NCCCN=[N+]=[N-])c1. The van der Waals surface area contributed by atoms with Gasteiger partial charge in [-0.25, -0.2) is 0 Å². The lowest BCUT2D eigenvalue weighted by Crippen LogP contribution is -2.24. The van der Waals surface area contributed by atoms with Crippen molar-refractivity contribution in [2.24, 2.45) is 5.11 Å². The molecule has 6 heteroatoms. The van der Waals surface area contributed by atoms with E-state index in [1.165, 1.54) is 0 Å². The average molecular weight is 262 g/mol. The first-order valence-electron chi connectivity index (χ1n) is 6.30. The fourth-order valence-electron chi connectivity index (χ4n) is 1.45. The Labute approximate surface area is 112 Å². The maximum atomic E-state index is 11.8. The molecule has 0 aromatic heterocycles. The molecule has 6 nitrogen and oxygen atoms in total. The van der Waals surface area contributed by atoms with Gasteiger partial charge in [-0.3, -0.25) is 4.79 Å². The molecule has 102 valence electrons. The molecule has 1 rings (SSSR count). The van der Waals surface area contributed by atoms with Gasteiger partial charge in [0.1, 0.15) is 5.75 Å². The first kappa shape index (κ1) is 14.9. The minimum Gasteiger partial charge on any atom is -0.494 e. The van der Waals surface area contributed by atoms with Gasteiger partial charge in [0.15, 0.2) is 0 Å². The van der Waals surface area contributed by atoms with Gasteiger partial charge in [-0.2, -0.15) is 0 Å². The molecule has 0 heterocycles. The van der Waals surface area contributed by atoms with Crippen LogP contribution in [-0.2, 0) is 0 Å². The zero-order chi connectivity index (χ0) is 13.9. The minimum atomic E-state index is -0.150. The Kier molecular flexibility index (Phi) is 6.90. The quantitative estimate of drug-likeness (QED) is 0.338. The maximum absolute atomic E-state index is 11.8. The van der Waals surface area contributed by atoms with Gasteiger partial charge in [-0.15, -0.1) is 0 Å². The van der Waals surface area contributed by atoms with Gasteiger partial charge < -0.3 is 10.1 Å². The Morgan fingerprint density at radius 1 is 1.53 bits per heavy atom. The number of azide groups is 1. The van der Waals surface area contributed by atoms with Gasteiger partial charge in [0.05, 0.1) is 6.61 Å². The smallest absolute Gasteiger partial charge is 0.251 e. The second-order valence-electron chi connectivity index (χ2n) is 3.94. The highest BCUT2D eigenvalue weighted by molar-refractivity contribution is 5.94. The van der Waals surface area contributed by atoms with Gasteiger partial charge in [-0.1, -0.05) is 18.1 Å². The van der Waals surface area contributed by atoms with Crippen LogP contribution in [0.4, 0.5) is 0 Å². The van der Waals surface area contributed by atoms with Crippen LogP contribution in [0.25, 0.3) is 10.4 Å². The van der Waals surface area contributed by atoms with Crippen molar-refractivity contribution in [2.75, 3.05) is 19.7 Å². The van der Waals surface area contributed by atoms with Crippen molar-refractivity contribution in [1.29, 1.82) is 0 Å². The van der Waals surface area contributed by atoms with Crippen molar-refractivity contribution in [1.82, 2.24) is 5.32 Å². The van der Waals surface area contributed by atoms with Gasteiger partial charge in [0.25, 0.3) is 5.91 Å². The van der Waals surface area contributed by atoms with E-state index in [1.54, 1.807) is 18.2 Å². The Morgan fingerprint density at radius 2 is 2.37 bits per heavy atom. The summed E-state index contributed by atoms with van der Waals surface area (Å²) in [6, 6.07) is 7.08. The van der Waals surface area contributed by atoms with Crippen LogP contribution >= 0.6 is 0 Å². The molecule has 0 unspecified atom stereocenters. The monoisotopic (exact) mass is 262 g/mol. The highest BCUT2D eigenvalue weighted by atomic mass is 16.5. The first-order valence-corrected chi connectivity index (χ1v) is 6.30. The number of hydrogen-bond acceptors (Lipinski definition) is 3. The normalized spacial score (nSPS) is 9.53. The molecule has 1 aromatic carbocycles. The number of nitrogens with one attached hydrogen (secondary N) is 1. The van der Waals surface area contributed by atoms with Crippen molar-refractivity contribution in [3.8, 4) is 5.75 Å². The van der Waals surface area contributed by atoms with E-state index >= 15 is 0 Å². The fourth-order valence-corrected chi connectivity index (χ4v) is 1.45. The summed E-state index contributed by atoms with van der Waals surface area (Å²) in [5.74, 6) is 0.548. The van der Waals surface area contributed by atoms with Crippen molar-refractivity contribution in [3.63, 3.8) is 0 Å². The zero-order valence-electron chi connectivity index (χ0n) is 11.0. The summed E-state index contributed by atoms with van der Waals surface area (Å²) in [4.78, 5) is 14.5. The molecule has 0 atom stereocenters. The summed E-state index contributed by atoms with van der Waals surface area (Å²) in [7, 11) is 0. The molecule has 0 spiro atoms. The van der Waals surface area contributed by atoms with Crippen LogP contribution in [0.2, 0.25) is 0 Å². The van der Waals surface area contributed by atoms with Gasteiger partial charge >= 0.3 is 0 Å². The Bertz CT molecular complexity index is 456. The zero-order valence-corrected chi connectivity index (χ0v) is 11.0. The molecule has 0 aliphatic rings. The number of carbonyl (C=O) groups is 1. The summed E-state index contributed by atoms with van der Waals surface area (Å²) in [6.07, 6.45) is 1.55. The lowest BCUT2D eigenvalue weighted by Gasteiger charge is -2.07. The highest BCUT2D eigenvalue weighted by Crippen LogP contribution is 2.13. The van der Waals surface area contributed by atoms with E-state index in [0.29, 0.717) is 37.4 Å². The second kappa shape index (κ2) is 8.83. The summed E-state index contributed by atoms with van der Waals surface area (Å²) < 4.78 is 5.47. The van der Waals surface area contributed by atoms with Crippen LogP contribution in [0, 0.1) is 0 Å². The molecule has 1 N–H and O–H groups in total. The van der Waals surface area contributed by atoms with Crippen LogP contribution in [-0.4, -0.2) is 25.6 Å². The van der Waals surface area contributed by atoms with Crippen LogP contribution in [0.1, 0.15) is 30.1 Å². The molecule has 19 heavy (non-hydrogen) atoms. The predicted molar refractivity (Wildman–Crippen MR) is 73.2 cm³/mol. The van der Waals surface area contributed by atoms with Crippen molar-refractivity contribution in [2.45, 2.75) is 19.8 Å². The molecular weight excluding hydrogens is 244 g/mol.